The molecular weight excluding hydrogens is 431 g/mol. The summed E-state index contributed by atoms with van der Waals surface area (Å²) in [6, 6.07) is 21.0. The van der Waals surface area contributed by atoms with Crippen molar-refractivity contribution in [3.05, 3.63) is 95.6 Å². The molecule has 0 fully saturated rings. The van der Waals surface area contributed by atoms with Gasteiger partial charge in [0.1, 0.15) is 18.1 Å². The minimum atomic E-state index is -4.58. The van der Waals surface area contributed by atoms with Crippen LogP contribution in [0.25, 0.3) is 11.1 Å². The minimum absolute atomic E-state index is 0.0505. The second-order valence-corrected chi connectivity index (χ2v) is 7.17. The zero-order valence-corrected chi connectivity index (χ0v) is 18.5. The van der Waals surface area contributed by atoms with Gasteiger partial charge in [0.05, 0.1) is 5.57 Å². The molecule has 0 amide bonds. The van der Waals surface area contributed by atoms with Gasteiger partial charge in [0.25, 0.3) is 0 Å². The van der Waals surface area contributed by atoms with E-state index >= 15 is 0 Å². The van der Waals surface area contributed by atoms with Crippen molar-refractivity contribution in [1.29, 1.82) is 0 Å². The molecule has 0 saturated heterocycles. The molecule has 0 aromatic heterocycles. The molecular formula is C26H26F3NO3. The number of hydrogen-bond donors (Lipinski definition) is 1. The highest BCUT2D eigenvalue weighted by Gasteiger charge is 2.38. The van der Waals surface area contributed by atoms with Gasteiger partial charge < -0.3 is 19.5 Å². The number of ether oxygens (including phenoxy) is 3. The SMILES string of the molecule is CNCCOc1ccc(C(=C(c2ccccc2)C(F)(F)F)c2ccc(OCOC)cc2)cc1. The lowest BCUT2D eigenvalue weighted by atomic mass is 9.89. The summed E-state index contributed by atoms with van der Waals surface area (Å²) in [6.07, 6.45) is -4.58. The first-order valence-electron chi connectivity index (χ1n) is 10.4. The van der Waals surface area contributed by atoms with Crippen LogP contribution in [-0.4, -0.2) is 40.3 Å². The highest BCUT2D eigenvalue weighted by Crippen LogP contribution is 2.43. The van der Waals surface area contributed by atoms with Gasteiger partial charge >= 0.3 is 6.18 Å². The third-order valence-corrected chi connectivity index (χ3v) is 4.85. The first-order valence-corrected chi connectivity index (χ1v) is 10.4. The van der Waals surface area contributed by atoms with Crippen LogP contribution in [-0.2, 0) is 4.74 Å². The van der Waals surface area contributed by atoms with E-state index in [1.54, 1.807) is 66.7 Å². The fourth-order valence-electron chi connectivity index (χ4n) is 3.34. The first-order chi connectivity index (χ1) is 15.9. The molecule has 3 aromatic rings. The van der Waals surface area contributed by atoms with Gasteiger partial charge in [0.15, 0.2) is 6.79 Å². The summed E-state index contributed by atoms with van der Waals surface area (Å²) in [7, 11) is 3.31. The first kappa shape index (κ1) is 24.4. The Balaban J connectivity index is 2.13. The number of methoxy groups -OCH3 is 1. The third kappa shape index (κ3) is 6.60. The van der Waals surface area contributed by atoms with Crippen molar-refractivity contribution in [3.63, 3.8) is 0 Å². The number of hydrogen-bond acceptors (Lipinski definition) is 4. The second kappa shape index (κ2) is 11.5. The molecule has 4 nitrogen and oxygen atoms in total. The minimum Gasteiger partial charge on any atom is -0.492 e. The topological polar surface area (TPSA) is 39.7 Å². The van der Waals surface area contributed by atoms with Crippen LogP contribution < -0.4 is 14.8 Å². The molecule has 0 saturated carbocycles. The van der Waals surface area contributed by atoms with Gasteiger partial charge in [-0.3, -0.25) is 0 Å². The number of allylic oxidation sites excluding steroid dienone is 1. The van der Waals surface area contributed by atoms with Crippen LogP contribution in [0.2, 0.25) is 0 Å². The zero-order valence-electron chi connectivity index (χ0n) is 18.5. The maximum atomic E-state index is 14.4. The molecule has 174 valence electrons. The lowest BCUT2D eigenvalue weighted by molar-refractivity contribution is -0.0685. The average molecular weight is 457 g/mol. The van der Waals surface area contributed by atoms with Gasteiger partial charge in [-0.25, -0.2) is 0 Å². The van der Waals surface area contributed by atoms with Gasteiger partial charge in [0, 0.05) is 19.2 Å². The van der Waals surface area contributed by atoms with Crippen LogP contribution in [0.4, 0.5) is 13.2 Å². The van der Waals surface area contributed by atoms with E-state index in [0.717, 1.165) is 0 Å². The molecule has 0 radical (unpaired) electrons. The van der Waals surface area contributed by atoms with Gasteiger partial charge in [-0.1, -0.05) is 54.6 Å². The molecule has 0 aliphatic heterocycles. The molecule has 0 aliphatic rings. The quantitative estimate of drug-likeness (QED) is 0.238. The van der Waals surface area contributed by atoms with Crippen molar-refractivity contribution in [2.45, 2.75) is 6.18 Å². The van der Waals surface area contributed by atoms with Crippen LogP contribution in [0, 0.1) is 0 Å². The van der Waals surface area contributed by atoms with E-state index in [1.807, 2.05) is 7.05 Å². The number of alkyl halides is 3. The Labute approximate surface area is 191 Å². The standard InChI is InChI=1S/C26H26F3NO3/c1-30-16-17-32-22-12-8-19(9-13-22)24(20-10-14-23(15-11-20)33-18-31-2)25(26(27,28)29)21-6-4-3-5-7-21/h3-15,30H,16-18H2,1-2H3. The Hall–Kier alpha value is -3.29. The summed E-state index contributed by atoms with van der Waals surface area (Å²) in [4.78, 5) is 0. The Bertz CT molecular complexity index is 1030. The van der Waals surface area contributed by atoms with Crippen molar-refractivity contribution in [3.8, 4) is 11.5 Å². The zero-order chi connectivity index (χ0) is 23.7. The molecule has 0 unspecified atom stereocenters. The fraction of sp³-hybridized carbons (Fsp3) is 0.231. The van der Waals surface area contributed by atoms with E-state index in [-0.39, 0.29) is 17.9 Å². The van der Waals surface area contributed by atoms with Crippen LogP contribution in [0.5, 0.6) is 11.5 Å². The molecule has 0 heterocycles. The van der Waals surface area contributed by atoms with Crippen molar-refractivity contribution < 1.29 is 27.4 Å². The molecule has 0 spiro atoms. The monoisotopic (exact) mass is 457 g/mol. The summed E-state index contributed by atoms with van der Waals surface area (Å²) in [5.41, 5.74) is 0.304. The molecule has 3 rings (SSSR count). The maximum absolute atomic E-state index is 14.4. The highest BCUT2D eigenvalue weighted by atomic mass is 19.4. The van der Waals surface area contributed by atoms with Crippen LogP contribution in [0.3, 0.4) is 0 Å². The van der Waals surface area contributed by atoms with E-state index in [0.29, 0.717) is 35.8 Å². The summed E-state index contributed by atoms with van der Waals surface area (Å²) >= 11 is 0. The third-order valence-electron chi connectivity index (χ3n) is 4.85. The Kier molecular flexibility index (Phi) is 8.52. The van der Waals surface area contributed by atoms with E-state index < -0.39 is 11.7 Å². The summed E-state index contributed by atoms with van der Waals surface area (Å²) in [5, 5.41) is 2.98. The number of likely N-dealkylation sites (N-methyl/N-ethyl adjacent to an activating group) is 1. The lowest BCUT2D eigenvalue weighted by Crippen LogP contribution is -2.16. The highest BCUT2D eigenvalue weighted by molar-refractivity contribution is 6.00. The fourth-order valence-corrected chi connectivity index (χ4v) is 3.34. The van der Waals surface area contributed by atoms with E-state index in [2.05, 4.69) is 5.32 Å². The largest absolute Gasteiger partial charge is 0.492 e. The normalized spacial score (nSPS) is 12.3. The second-order valence-electron chi connectivity index (χ2n) is 7.17. The van der Waals surface area contributed by atoms with Gasteiger partial charge in [-0.05, 0) is 48.0 Å². The summed E-state index contributed by atoms with van der Waals surface area (Å²) < 4.78 is 59.2. The van der Waals surface area contributed by atoms with E-state index in [4.69, 9.17) is 14.2 Å². The Morgan fingerprint density at radius 3 is 1.79 bits per heavy atom. The van der Waals surface area contributed by atoms with Crippen LogP contribution in [0.15, 0.2) is 78.9 Å². The van der Waals surface area contributed by atoms with Crippen LogP contribution in [0.1, 0.15) is 16.7 Å². The number of rotatable bonds is 10. The molecule has 33 heavy (non-hydrogen) atoms. The van der Waals surface area contributed by atoms with Gasteiger partial charge in [-0.2, -0.15) is 13.2 Å². The van der Waals surface area contributed by atoms with E-state index in [9.17, 15) is 13.2 Å². The molecule has 0 bridgehead atoms. The van der Waals surface area contributed by atoms with Crippen molar-refractivity contribution in [1.82, 2.24) is 5.32 Å². The molecule has 7 heteroatoms. The van der Waals surface area contributed by atoms with Crippen molar-refractivity contribution >= 4 is 11.1 Å². The number of benzene rings is 3. The molecule has 1 N–H and O–H groups in total. The van der Waals surface area contributed by atoms with Gasteiger partial charge in [0.2, 0.25) is 0 Å². The predicted octanol–water partition coefficient (Wildman–Crippen LogP) is 5.79. The molecule has 0 aliphatic carbocycles. The van der Waals surface area contributed by atoms with E-state index in [1.165, 1.54) is 19.2 Å². The Morgan fingerprint density at radius 2 is 1.30 bits per heavy atom. The average Bonchev–Trinajstić information content (AvgIpc) is 2.82. The maximum Gasteiger partial charge on any atom is 0.417 e. The van der Waals surface area contributed by atoms with Gasteiger partial charge in [-0.15, -0.1) is 0 Å². The summed E-state index contributed by atoms with van der Waals surface area (Å²) in [5.74, 6) is 1.09. The number of nitrogens with one attached hydrogen (secondary N) is 1. The smallest absolute Gasteiger partial charge is 0.417 e. The lowest BCUT2D eigenvalue weighted by Gasteiger charge is -2.20. The molecule has 3 aromatic carbocycles. The molecule has 0 atom stereocenters. The van der Waals surface area contributed by atoms with Crippen molar-refractivity contribution in [2.24, 2.45) is 0 Å². The van der Waals surface area contributed by atoms with Crippen LogP contribution >= 0.6 is 0 Å². The summed E-state index contributed by atoms with van der Waals surface area (Å²) in [6.45, 7) is 1.17. The Morgan fingerprint density at radius 1 is 0.758 bits per heavy atom. The number of halogens is 3. The van der Waals surface area contributed by atoms with Crippen molar-refractivity contribution in [2.75, 3.05) is 34.1 Å². The predicted molar refractivity (Wildman–Crippen MR) is 123 cm³/mol.